The van der Waals surface area contributed by atoms with Crippen LogP contribution in [-0.2, 0) is 4.79 Å². The van der Waals surface area contributed by atoms with Crippen molar-refractivity contribution in [2.45, 2.75) is 123 Å². The van der Waals surface area contributed by atoms with Crippen LogP contribution < -0.4 is 5.73 Å². The summed E-state index contributed by atoms with van der Waals surface area (Å²) in [6.45, 7) is 6.15. The van der Waals surface area contributed by atoms with E-state index in [9.17, 15) is 9.90 Å². The van der Waals surface area contributed by atoms with Gasteiger partial charge < -0.3 is 10.8 Å². The van der Waals surface area contributed by atoms with Crippen molar-refractivity contribution >= 4 is 5.97 Å². The van der Waals surface area contributed by atoms with Gasteiger partial charge in [-0.25, -0.2) is 0 Å². The lowest BCUT2D eigenvalue weighted by Crippen LogP contribution is -2.45. The smallest absolute Gasteiger partial charge is 0.310 e. The minimum absolute atomic E-state index is 0.229. The topological polar surface area (TPSA) is 63.3 Å². The van der Waals surface area contributed by atoms with E-state index >= 15 is 0 Å². The number of carboxylic acids is 1. The molecule has 0 heterocycles. The minimum atomic E-state index is -0.755. The van der Waals surface area contributed by atoms with E-state index in [2.05, 4.69) is 13.8 Å². The van der Waals surface area contributed by atoms with Gasteiger partial charge in [0.2, 0.25) is 0 Å². The molecule has 0 saturated carbocycles. The van der Waals surface area contributed by atoms with Crippen LogP contribution >= 0.6 is 0 Å². The number of nitrogens with two attached hydrogens (primary N) is 1. The maximum Gasteiger partial charge on any atom is 0.310 e. The van der Waals surface area contributed by atoms with Crippen LogP contribution in [0, 0.1) is 5.41 Å². The zero-order chi connectivity index (χ0) is 18.3. The summed E-state index contributed by atoms with van der Waals surface area (Å²) >= 11 is 0. The van der Waals surface area contributed by atoms with Gasteiger partial charge in [0.15, 0.2) is 0 Å². The fraction of sp³-hybridized carbons (Fsp3) is 0.952. The summed E-state index contributed by atoms with van der Waals surface area (Å²) in [6, 6.07) is -0.229. The monoisotopic (exact) mass is 341 g/mol. The van der Waals surface area contributed by atoms with E-state index in [0.717, 1.165) is 25.7 Å². The number of unbranched alkanes of at least 4 members (excludes halogenated alkanes) is 11. The molecule has 0 spiro atoms. The molecule has 0 aromatic rings. The Morgan fingerprint density at radius 3 is 1.62 bits per heavy atom. The first-order valence-corrected chi connectivity index (χ1v) is 10.5. The third-order valence-electron chi connectivity index (χ3n) is 5.46. The molecule has 0 rings (SSSR count). The SMILES string of the molecule is CCCCCCCCCCCCCCC(C)(C(=O)O)C(N)CCC. The molecule has 0 fully saturated rings. The molecule has 3 N–H and O–H groups in total. The maximum atomic E-state index is 11.6. The summed E-state index contributed by atoms with van der Waals surface area (Å²) in [5.74, 6) is -0.730. The molecule has 0 amide bonds. The van der Waals surface area contributed by atoms with Crippen LogP contribution in [0.2, 0.25) is 0 Å². The summed E-state index contributed by atoms with van der Waals surface area (Å²) in [6.07, 6.45) is 18.1. The second-order valence-corrected chi connectivity index (χ2v) is 7.76. The lowest BCUT2D eigenvalue weighted by atomic mass is 9.76. The Bertz CT molecular complexity index is 306. The van der Waals surface area contributed by atoms with E-state index in [-0.39, 0.29) is 6.04 Å². The molecule has 2 atom stereocenters. The molecule has 0 saturated heterocycles. The molecule has 0 aliphatic carbocycles. The predicted octanol–water partition coefficient (Wildman–Crippen LogP) is 6.30. The molecule has 144 valence electrons. The number of hydrogen-bond donors (Lipinski definition) is 2. The van der Waals surface area contributed by atoms with Crippen molar-refractivity contribution in [1.29, 1.82) is 0 Å². The maximum absolute atomic E-state index is 11.6. The van der Waals surface area contributed by atoms with Gasteiger partial charge in [-0.2, -0.15) is 0 Å². The van der Waals surface area contributed by atoms with E-state index in [1.165, 1.54) is 64.2 Å². The van der Waals surface area contributed by atoms with E-state index < -0.39 is 11.4 Å². The molecule has 2 unspecified atom stereocenters. The normalized spacial score (nSPS) is 15.2. The highest BCUT2D eigenvalue weighted by atomic mass is 16.4. The highest BCUT2D eigenvalue weighted by Crippen LogP contribution is 2.30. The van der Waals surface area contributed by atoms with Crippen LogP contribution in [-0.4, -0.2) is 17.1 Å². The van der Waals surface area contributed by atoms with Gasteiger partial charge in [-0.05, 0) is 19.8 Å². The lowest BCUT2D eigenvalue weighted by molar-refractivity contribution is -0.149. The summed E-state index contributed by atoms with van der Waals surface area (Å²) in [4.78, 5) is 11.6. The number of hydrogen-bond acceptors (Lipinski definition) is 2. The second-order valence-electron chi connectivity index (χ2n) is 7.76. The van der Waals surface area contributed by atoms with E-state index in [4.69, 9.17) is 5.73 Å². The first-order chi connectivity index (χ1) is 11.5. The average molecular weight is 342 g/mol. The van der Waals surface area contributed by atoms with Crippen molar-refractivity contribution in [2.75, 3.05) is 0 Å². The van der Waals surface area contributed by atoms with Crippen LogP contribution in [0.25, 0.3) is 0 Å². The van der Waals surface area contributed by atoms with Gasteiger partial charge in [0.05, 0.1) is 5.41 Å². The Hall–Kier alpha value is -0.570. The van der Waals surface area contributed by atoms with Gasteiger partial charge in [-0.3, -0.25) is 4.79 Å². The van der Waals surface area contributed by atoms with Gasteiger partial charge in [-0.15, -0.1) is 0 Å². The second kappa shape index (κ2) is 14.7. The van der Waals surface area contributed by atoms with Crippen LogP contribution in [0.3, 0.4) is 0 Å². The summed E-state index contributed by atoms with van der Waals surface area (Å²) < 4.78 is 0. The molecule has 0 aromatic heterocycles. The van der Waals surface area contributed by atoms with Gasteiger partial charge in [-0.1, -0.05) is 97.3 Å². The molecule has 3 heteroatoms. The first-order valence-electron chi connectivity index (χ1n) is 10.5. The predicted molar refractivity (Wildman–Crippen MR) is 104 cm³/mol. The Kier molecular flexibility index (Phi) is 14.4. The van der Waals surface area contributed by atoms with Crippen LogP contribution in [0.4, 0.5) is 0 Å². The molecule has 24 heavy (non-hydrogen) atoms. The minimum Gasteiger partial charge on any atom is -0.481 e. The van der Waals surface area contributed by atoms with Gasteiger partial charge in [0.25, 0.3) is 0 Å². The van der Waals surface area contributed by atoms with Crippen LogP contribution in [0.15, 0.2) is 0 Å². The number of aliphatic carboxylic acids is 1. The van der Waals surface area contributed by atoms with Gasteiger partial charge in [0, 0.05) is 6.04 Å². The molecular weight excluding hydrogens is 298 g/mol. The molecular formula is C21H43NO2. The fourth-order valence-corrected chi connectivity index (χ4v) is 3.41. The molecule has 0 aliphatic heterocycles. The highest BCUT2D eigenvalue weighted by molar-refractivity contribution is 5.75. The molecule has 0 bridgehead atoms. The summed E-state index contributed by atoms with van der Waals surface area (Å²) in [5.41, 5.74) is 5.37. The molecule has 3 nitrogen and oxygen atoms in total. The van der Waals surface area contributed by atoms with E-state index in [0.29, 0.717) is 6.42 Å². The lowest BCUT2D eigenvalue weighted by Gasteiger charge is -2.31. The standard InChI is InChI=1S/C21H43NO2/c1-4-6-7-8-9-10-11-12-13-14-15-16-18-21(3,20(23)24)19(22)17-5-2/h19H,4-18,22H2,1-3H3,(H,23,24). The molecule has 0 aromatic carbocycles. The average Bonchev–Trinajstić information content (AvgIpc) is 2.55. The molecule has 0 aliphatic rings. The Balaban J connectivity index is 3.64. The Labute approximate surface area is 150 Å². The fourth-order valence-electron chi connectivity index (χ4n) is 3.41. The van der Waals surface area contributed by atoms with Crippen LogP contribution in [0.1, 0.15) is 117 Å². The van der Waals surface area contributed by atoms with Crippen LogP contribution in [0.5, 0.6) is 0 Å². The highest BCUT2D eigenvalue weighted by Gasteiger charge is 2.38. The van der Waals surface area contributed by atoms with Gasteiger partial charge >= 0.3 is 5.97 Å². The zero-order valence-electron chi connectivity index (χ0n) is 16.6. The molecule has 0 radical (unpaired) electrons. The number of rotatable bonds is 17. The van der Waals surface area contributed by atoms with Crippen molar-refractivity contribution in [2.24, 2.45) is 11.1 Å². The Morgan fingerprint density at radius 2 is 1.25 bits per heavy atom. The van der Waals surface area contributed by atoms with Crippen molar-refractivity contribution in [3.8, 4) is 0 Å². The Morgan fingerprint density at radius 1 is 0.833 bits per heavy atom. The van der Waals surface area contributed by atoms with E-state index in [1.807, 2.05) is 6.92 Å². The number of carbonyl (C=O) groups is 1. The van der Waals surface area contributed by atoms with E-state index in [1.54, 1.807) is 0 Å². The zero-order valence-corrected chi connectivity index (χ0v) is 16.6. The van der Waals surface area contributed by atoms with Crippen molar-refractivity contribution in [1.82, 2.24) is 0 Å². The van der Waals surface area contributed by atoms with Crippen molar-refractivity contribution in [3.05, 3.63) is 0 Å². The number of carboxylic acid groups (broad SMARTS) is 1. The third-order valence-corrected chi connectivity index (χ3v) is 5.46. The first kappa shape index (κ1) is 23.4. The third kappa shape index (κ3) is 10.3. The van der Waals surface area contributed by atoms with Gasteiger partial charge in [0.1, 0.15) is 0 Å². The summed E-state index contributed by atoms with van der Waals surface area (Å²) in [7, 11) is 0. The summed E-state index contributed by atoms with van der Waals surface area (Å²) in [5, 5.41) is 9.53. The largest absolute Gasteiger partial charge is 0.481 e. The van der Waals surface area contributed by atoms with Crippen molar-refractivity contribution in [3.63, 3.8) is 0 Å². The quantitative estimate of drug-likeness (QED) is 0.305. The van der Waals surface area contributed by atoms with Crippen molar-refractivity contribution < 1.29 is 9.90 Å².